The van der Waals surface area contributed by atoms with Crippen LogP contribution >= 0.6 is 0 Å². The summed E-state index contributed by atoms with van der Waals surface area (Å²) in [6.07, 6.45) is 3.28. The van der Waals surface area contributed by atoms with Gasteiger partial charge in [0.05, 0.1) is 13.3 Å². The van der Waals surface area contributed by atoms with Crippen LogP contribution in [-0.4, -0.2) is 55.2 Å². The molecular weight excluding hydrogens is 356 g/mol. The van der Waals surface area contributed by atoms with Crippen LogP contribution in [0.3, 0.4) is 0 Å². The normalized spacial score (nSPS) is 19.6. The number of aromatic nitrogens is 6. The van der Waals surface area contributed by atoms with E-state index in [9.17, 15) is 4.79 Å². The largest absolute Gasteiger partial charge is 0.345 e. The van der Waals surface area contributed by atoms with Gasteiger partial charge < -0.3 is 9.47 Å². The van der Waals surface area contributed by atoms with Crippen molar-refractivity contribution >= 4 is 17.5 Å². The first-order valence-corrected chi connectivity index (χ1v) is 9.01. The topological polar surface area (TPSA) is 92.9 Å². The molecule has 9 nitrogen and oxygen atoms in total. The van der Waals surface area contributed by atoms with Crippen molar-refractivity contribution in [2.75, 3.05) is 23.4 Å². The van der Waals surface area contributed by atoms with Crippen LogP contribution in [0, 0.1) is 6.92 Å². The van der Waals surface area contributed by atoms with E-state index in [1.54, 1.807) is 36.0 Å². The van der Waals surface area contributed by atoms with Gasteiger partial charge in [0, 0.05) is 31.9 Å². The maximum absolute atomic E-state index is 12.8. The molecule has 1 atom stereocenters. The lowest BCUT2D eigenvalue weighted by Crippen LogP contribution is -2.51. The average molecular weight is 379 g/mol. The van der Waals surface area contributed by atoms with Gasteiger partial charge in [0.25, 0.3) is 5.91 Å². The number of likely N-dealkylation sites (N-methyl/N-ethyl adjacent to an activating group) is 2. The zero-order valence-corrected chi connectivity index (χ0v) is 16.5. The molecular formula is C19H22N8O. The molecule has 0 aliphatic carbocycles. The van der Waals surface area contributed by atoms with Crippen LogP contribution in [0.15, 0.2) is 24.7 Å². The second-order valence-electron chi connectivity index (χ2n) is 6.69. The predicted octanol–water partition coefficient (Wildman–Crippen LogP) is 1.83. The molecule has 3 aromatic heterocycles. The van der Waals surface area contributed by atoms with E-state index in [1.807, 2.05) is 33.0 Å². The van der Waals surface area contributed by atoms with Crippen LogP contribution < -0.4 is 9.80 Å². The molecule has 0 aromatic carbocycles. The second-order valence-corrected chi connectivity index (χ2v) is 6.69. The van der Waals surface area contributed by atoms with Crippen molar-refractivity contribution in [3.05, 3.63) is 30.4 Å². The first-order chi connectivity index (χ1) is 13.8. The molecule has 0 saturated carbocycles. The quantitative estimate of drug-likeness (QED) is 0.685. The van der Waals surface area contributed by atoms with Gasteiger partial charge in [-0.15, -0.1) is 10.2 Å². The lowest BCUT2D eigenvalue weighted by molar-refractivity contribution is -0.119. The third-order valence-corrected chi connectivity index (χ3v) is 4.99. The van der Waals surface area contributed by atoms with Gasteiger partial charge in [-0.2, -0.15) is 0 Å². The van der Waals surface area contributed by atoms with Gasteiger partial charge in [-0.3, -0.25) is 9.69 Å². The van der Waals surface area contributed by atoms with E-state index in [0.717, 1.165) is 11.3 Å². The zero-order valence-electron chi connectivity index (χ0n) is 17.5. The van der Waals surface area contributed by atoms with Gasteiger partial charge in [0.2, 0.25) is 0 Å². The van der Waals surface area contributed by atoms with Crippen LogP contribution in [0.5, 0.6) is 0 Å². The summed E-state index contributed by atoms with van der Waals surface area (Å²) in [5.41, 5.74) is 2.92. The molecule has 4 heterocycles. The molecule has 0 spiro atoms. The summed E-state index contributed by atoms with van der Waals surface area (Å²) in [5.74, 6) is 1.32. The zero-order chi connectivity index (χ0) is 20.9. The maximum atomic E-state index is 12.8. The summed E-state index contributed by atoms with van der Waals surface area (Å²) in [6, 6.07) is 2.36. The summed E-state index contributed by atoms with van der Waals surface area (Å²) in [4.78, 5) is 29.7. The number of anilines is 2. The Bertz CT molecular complexity index is 1110. The van der Waals surface area contributed by atoms with Crippen molar-refractivity contribution in [2.24, 2.45) is 7.05 Å². The van der Waals surface area contributed by atoms with E-state index in [0.29, 0.717) is 35.4 Å². The van der Waals surface area contributed by atoms with Crippen LogP contribution in [-0.2, 0) is 11.8 Å². The number of nitrogens with zero attached hydrogens (tertiary/aromatic N) is 8. The SMILES string of the molecule is [2H]C1(C)C(=O)N(CC)c2nc(-c3ccc(-c4nncn4C)nc3C)cnc2N1C. The number of hydrogen-bond acceptors (Lipinski definition) is 7. The van der Waals surface area contributed by atoms with E-state index in [4.69, 9.17) is 6.35 Å². The number of aryl methyl sites for hydroxylation is 2. The highest BCUT2D eigenvalue weighted by molar-refractivity contribution is 6.03. The first kappa shape index (κ1) is 16.8. The Hall–Kier alpha value is -3.36. The Kier molecular flexibility index (Phi) is 4.00. The molecule has 1 amide bonds. The summed E-state index contributed by atoms with van der Waals surface area (Å²) >= 11 is 0. The third kappa shape index (κ3) is 2.70. The Morgan fingerprint density at radius 1 is 1.18 bits per heavy atom. The van der Waals surface area contributed by atoms with Crippen LogP contribution in [0.25, 0.3) is 22.8 Å². The molecule has 28 heavy (non-hydrogen) atoms. The lowest BCUT2D eigenvalue weighted by Gasteiger charge is -2.37. The maximum Gasteiger partial charge on any atom is 0.250 e. The minimum absolute atomic E-state index is 0.325. The summed E-state index contributed by atoms with van der Waals surface area (Å²) in [7, 11) is 3.55. The van der Waals surface area contributed by atoms with E-state index in [1.165, 1.54) is 4.90 Å². The third-order valence-electron chi connectivity index (χ3n) is 4.99. The van der Waals surface area contributed by atoms with Crippen molar-refractivity contribution in [3.63, 3.8) is 0 Å². The molecule has 0 fully saturated rings. The lowest BCUT2D eigenvalue weighted by atomic mass is 10.1. The highest BCUT2D eigenvalue weighted by Crippen LogP contribution is 2.34. The molecule has 0 N–H and O–H groups in total. The molecule has 144 valence electrons. The molecule has 0 saturated heterocycles. The van der Waals surface area contributed by atoms with E-state index in [2.05, 4.69) is 20.2 Å². The Morgan fingerprint density at radius 2 is 1.96 bits per heavy atom. The van der Waals surface area contributed by atoms with Crippen LogP contribution in [0.1, 0.15) is 20.9 Å². The van der Waals surface area contributed by atoms with Gasteiger partial charge in [0.15, 0.2) is 17.5 Å². The Morgan fingerprint density at radius 3 is 2.61 bits per heavy atom. The van der Waals surface area contributed by atoms with Gasteiger partial charge in [-0.25, -0.2) is 15.0 Å². The fourth-order valence-corrected chi connectivity index (χ4v) is 3.28. The summed E-state index contributed by atoms with van der Waals surface area (Å²) in [5, 5.41) is 7.99. The van der Waals surface area contributed by atoms with Crippen molar-refractivity contribution in [1.29, 1.82) is 0 Å². The van der Waals surface area contributed by atoms with Gasteiger partial charge in [-0.05, 0) is 32.9 Å². The molecule has 3 aromatic rings. The highest BCUT2D eigenvalue weighted by atomic mass is 16.2. The number of fused-ring (bicyclic) bond motifs is 1. The molecule has 0 radical (unpaired) electrons. The van der Waals surface area contributed by atoms with E-state index < -0.39 is 6.02 Å². The smallest absolute Gasteiger partial charge is 0.250 e. The number of hydrogen-bond donors (Lipinski definition) is 0. The molecule has 0 bridgehead atoms. The number of carbonyl (C=O) groups is 1. The Balaban J connectivity index is 1.79. The molecule has 1 unspecified atom stereocenters. The van der Waals surface area contributed by atoms with Gasteiger partial charge in [0.1, 0.15) is 18.0 Å². The van der Waals surface area contributed by atoms with Crippen LogP contribution in [0.4, 0.5) is 11.6 Å². The van der Waals surface area contributed by atoms with Crippen LogP contribution in [0.2, 0.25) is 0 Å². The molecule has 4 rings (SSSR count). The van der Waals surface area contributed by atoms with Crippen molar-refractivity contribution in [3.8, 4) is 22.8 Å². The predicted molar refractivity (Wildman–Crippen MR) is 106 cm³/mol. The van der Waals surface area contributed by atoms with E-state index >= 15 is 0 Å². The number of pyridine rings is 1. The van der Waals surface area contributed by atoms with Crippen molar-refractivity contribution in [1.82, 2.24) is 29.7 Å². The Labute approximate surface area is 164 Å². The summed E-state index contributed by atoms with van der Waals surface area (Å²) in [6.45, 7) is 5.73. The number of rotatable bonds is 3. The minimum atomic E-state index is -1.42. The minimum Gasteiger partial charge on any atom is -0.345 e. The van der Waals surface area contributed by atoms with Gasteiger partial charge in [-0.1, -0.05) is 0 Å². The molecule has 1 aliphatic heterocycles. The first-order valence-electron chi connectivity index (χ1n) is 9.51. The van der Waals surface area contributed by atoms with Crippen molar-refractivity contribution in [2.45, 2.75) is 26.8 Å². The molecule has 1 aliphatic rings. The fourth-order valence-electron chi connectivity index (χ4n) is 3.28. The van der Waals surface area contributed by atoms with E-state index in [-0.39, 0.29) is 5.91 Å². The average Bonchev–Trinajstić information content (AvgIpc) is 3.13. The fraction of sp³-hybridized carbons (Fsp3) is 0.368. The standard InChI is InChI=1S/C19H22N8O/c1-6-27-18-17(26(5)12(3)19(27)28)20-9-15(23-18)13-7-8-14(22-11(13)2)16-24-21-10-25(16)4/h7-10,12H,6H2,1-5H3/i12D. The summed E-state index contributed by atoms with van der Waals surface area (Å²) < 4.78 is 10.2. The number of carbonyl (C=O) groups excluding carboxylic acids is 1. The van der Waals surface area contributed by atoms with Crippen molar-refractivity contribution < 1.29 is 6.17 Å². The van der Waals surface area contributed by atoms with Gasteiger partial charge >= 0.3 is 0 Å². The second kappa shape index (κ2) is 6.66. The number of amides is 1. The highest BCUT2D eigenvalue weighted by Gasteiger charge is 2.35. The monoisotopic (exact) mass is 379 g/mol. The molecule has 9 heteroatoms.